The smallest absolute Gasteiger partial charge is 0.351 e. The molecule has 1 saturated heterocycles. The molecular formula is C18H20F2N4O2. The van der Waals surface area contributed by atoms with E-state index in [0.717, 1.165) is 24.1 Å². The Morgan fingerprint density at radius 1 is 1.27 bits per heavy atom. The lowest BCUT2D eigenvalue weighted by molar-refractivity contribution is -0.119. The van der Waals surface area contributed by atoms with Crippen molar-refractivity contribution in [2.45, 2.75) is 37.6 Å². The molecule has 1 fully saturated rings. The second-order valence-electron chi connectivity index (χ2n) is 6.87. The first-order valence-electron chi connectivity index (χ1n) is 8.59. The number of ether oxygens (including phenoxy) is 1. The van der Waals surface area contributed by atoms with Gasteiger partial charge in [-0.1, -0.05) is 24.3 Å². The Morgan fingerprint density at radius 3 is 2.81 bits per heavy atom. The number of nitrogen functional groups attached to an aromatic ring is 1. The number of hydrogen-bond donors (Lipinski definition) is 1. The summed E-state index contributed by atoms with van der Waals surface area (Å²) in [7, 11) is 0. The van der Waals surface area contributed by atoms with Crippen LogP contribution >= 0.6 is 0 Å². The highest BCUT2D eigenvalue weighted by Crippen LogP contribution is 2.42. The van der Waals surface area contributed by atoms with Crippen molar-refractivity contribution in [1.29, 1.82) is 0 Å². The lowest BCUT2D eigenvalue weighted by atomic mass is 9.99. The molecule has 0 bridgehead atoms. The SMILES string of the molecule is Nc1ccn(C2OC(CN3CCc4ccccc4C3)CC2(F)F)c(=O)n1. The number of benzene rings is 1. The van der Waals surface area contributed by atoms with Gasteiger partial charge >= 0.3 is 5.69 Å². The fourth-order valence-corrected chi connectivity index (χ4v) is 3.71. The Bertz CT molecular complexity index is 870. The average molecular weight is 362 g/mol. The molecule has 1 aromatic heterocycles. The molecule has 0 radical (unpaired) electrons. The molecule has 2 aromatic rings. The molecule has 2 N–H and O–H groups in total. The van der Waals surface area contributed by atoms with Crippen LogP contribution in [0.4, 0.5) is 14.6 Å². The maximum absolute atomic E-state index is 14.5. The number of alkyl halides is 2. The Morgan fingerprint density at radius 2 is 2.04 bits per heavy atom. The van der Waals surface area contributed by atoms with Gasteiger partial charge in [-0.05, 0) is 23.6 Å². The van der Waals surface area contributed by atoms with Gasteiger partial charge in [0.05, 0.1) is 6.10 Å². The first-order valence-corrected chi connectivity index (χ1v) is 8.59. The van der Waals surface area contributed by atoms with Gasteiger partial charge in [-0.3, -0.25) is 9.47 Å². The third-order valence-corrected chi connectivity index (χ3v) is 4.96. The Balaban J connectivity index is 1.47. The van der Waals surface area contributed by atoms with E-state index in [0.29, 0.717) is 6.54 Å². The summed E-state index contributed by atoms with van der Waals surface area (Å²) in [5, 5.41) is 0. The lowest BCUT2D eigenvalue weighted by Crippen LogP contribution is -2.37. The molecule has 2 aliphatic rings. The van der Waals surface area contributed by atoms with Crippen LogP contribution in [0.3, 0.4) is 0 Å². The third-order valence-electron chi connectivity index (χ3n) is 4.96. The van der Waals surface area contributed by atoms with Crippen molar-refractivity contribution >= 4 is 5.82 Å². The summed E-state index contributed by atoms with van der Waals surface area (Å²) >= 11 is 0. The van der Waals surface area contributed by atoms with E-state index >= 15 is 0 Å². The first-order chi connectivity index (χ1) is 12.4. The monoisotopic (exact) mass is 362 g/mol. The molecule has 6 nitrogen and oxygen atoms in total. The zero-order chi connectivity index (χ0) is 18.3. The van der Waals surface area contributed by atoms with Gasteiger partial charge in [0.2, 0.25) is 6.23 Å². The van der Waals surface area contributed by atoms with Crippen molar-refractivity contribution < 1.29 is 13.5 Å². The molecule has 4 rings (SSSR count). The minimum atomic E-state index is -3.14. The van der Waals surface area contributed by atoms with Crippen LogP contribution in [0.5, 0.6) is 0 Å². The number of hydrogen-bond acceptors (Lipinski definition) is 5. The highest BCUT2D eigenvalue weighted by molar-refractivity contribution is 5.29. The van der Waals surface area contributed by atoms with Gasteiger partial charge in [0.25, 0.3) is 5.92 Å². The van der Waals surface area contributed by atoms with Gasteiger partial charge < -0.3 is 10.5 Å². The van der Waals surface area contributed by atoms with Crippen LogP contribution in [-0.2, 0) is 17.7 Å². The van der Waals surface area contributed by atoms with E-state index in [9.17, 15) is 13.6 Å². The van der Waals surface area contributed by atoms with Crippen molar-refractivity contribution in [2.24, 2.45) is 0 Å². The molecule has 26 heavy (non-hydrogen) atoms. The van der Waals surface area contributed by atoms with Gasteiger partial charge in [0.1, 0.15) is 5.82 Å². The minimum Gasteiger partial charge on any atom is -0.383 e. The predicted octanol–water partition coefficient (Wildman–Crippen LogP) is 1.81. The molecule has 0 saturated carbocycles. The summed E-state index contributed by atoms with van der Waals surface area (Å²) < 4.78 is 35.3. The number of nitrogens with two attached hydrogens (primary N) is 1. The summed E-state index contributed by atoms with van der Waals surface area (Å²) in [4.78, 5) is 17.5. The zero-order valence-electron chi connectivity index (χ0n) is 14.1. The fourth-order valence-electron chi connectivity index (χ4n) is 3.71. The van der Waals surface area contributed by atoms with Gasteiger partial charge in [-0.25, -0.2) is 13.6 Å². The van der Waals surface area contributed by atoms with E-state index in [-0.39, 0.29) is 5.82 Å². The van der Waals surface area contributed by atoms with E-state index in [2.05, 4.69) is 22.0 Å². The van der Waals surface area contributed by atoms with Gasteiger partial charge in [0.15, 0.2) is 0 Å². The van der Waals surface area contributed by atoms with Crippen molar-refractivity contribution in [3.8, 4) is 0 Å². The molecule has 2 aliphatic heterocycles. The summed E-state index contributed by atoms with van der Waals surface area (Å²) in [5.74, 6) is -3.14. The molecule has 0 aliphatic carbocycles. The zero-order valence-corrected chi connectivity index (χ0v) is 14.1. The van der Waals surface area contributed by atoms with Crippen LogP contribution in [0.15, 0.2) is 41.3 Å². The van der Waals surface area contributed by atoms with Crippen LogP contribution in [0.2, 0.25) is 0 Å². The Labute approximate surface area is 149 Å². The molecule has 3 heterocycles. The first kappa shape index (κ1) is 17.1. The van der Waals surface area contributed by atoms with Crippen LogP contribution in [0, 0.1) is 0 Å². The molecule has 2 atom stereocenters. The second-order valence-corrected chi connectivity index (χ2v) is 6.87. The van der Waals surface area contributed by atoms with E-state index in [1.807, 2.05) is 12.1 Å². The normalized spacial score (nSPS) is 25.2. The maximum atomic E-state index is 14.5. The average Bonchev–Trinajstić information content (AvgIpc) is 2.89. The topological polar surface area (TPSA) is 73.4 Å². The largest absolute Gasteiger partial charge is 0.383 e. The molecule has 8 heteroatoms. The van der Waals surface area contributed by atoms with E-state index < -0.39 is 30.4 Å². The van der Waals surface area contributed by atoms with Gasteiger partial charge in [0, 0.05) is 32.3 Å². The Kier molecular flexibility index (Phi) is 4.24. The summed E-state index contributed by atoms with van der Waals surface area (Å²) in [6.45, 7) is 1.92. The van der Waals surface area contributed by atoms with Crippen molar-refractivity contribution in [1.82, 2.24) is 14.5 Å². The number of fused-ring (bicyclic) bond motifs is 1. The number of rotatable bonds is 3. The van der Waals surface area contributed by atoms with E-state index in [1.165, 1.54) is 23.4 Å². The van der Waals surface area contributed by atoms with E-state index in [4.69, 9.17) is 10.5 Å². The van der Waals surface area contributed by atoms with E-state index in [1.54, 1.807) is 0 Å². The van der Waals surface area contributed by atoms with Gasteiger partial charge in [-0.2, -0.15) is 4.98 Å². The lowest BCUT2D eigenvalue weighted by Gasteiger charge is -2.30. The number of anilines is 1. The molecule has 0 amide bonds. The molecule has 2 unspecified atom stereocenters. The van der Waals surface area contributed by atoms with Crippen LogP contribution in [0.1, 0.15) is 23.8 Å². The maximum Gasteiger partial charge on any atom is 0.351 e. The summed E-state index contributed by atoms with van der Waals surface area (Å²) in [5.41, 5.74) is 7.12. The minimum absolute atomic E-state index is 0.00362. The summed E-state index contributed by atoms with van der Waals surface area (Å²) in [6.07, 6.45) is -0.616. The van der Waals surface area contributed by atoms with Crippen LogP contribution in [-0.4, -0.2) is 39.6 Å². The number of aromatic nitrogens is 2. The highest BCUT2D eigenvalue weighted by Gasteiger charge is 2.52. The third kappa shape index (κ3) is 3.22. The number of nitrogens with zero attached hydrogens (tertiary/aromatic N) is 3. The molecule has 138 valence electrons. The van der Waals surface area contributed by atoms with Crippen LogP contribution in [0.25, 0.3) is 0 Å². The standard InChI is InChI=1S/C18H20F2N4O2/c19-18(20)9-14(26-16(18)24-8-6-15(21)22-17(24)25)11-23-7-5-12-3-1-2-4-13(12)10-23/h1-4,6,8,14,16H,5,7,9-11H2,(H2,21,22,25). The second kappa shape index (κ2) is 6.44. The van der Waals surface area contributed by atoms with Crippen molar-refractivity contribution in [3.05, 3.63) is 58.1 Å². The number of halogens is 2. The Hall–Kier alpha value is -2.32. The quantitative estimate of drug-likeness (QED) is 0.901. The molecule has 0 spiro atoms. The summed E-state index contributed by atoms with van der Waals surface area (Å²) in [6, 6.07) is 9.48. The van der Waals surface area contributed by atoms with Crippen LogP contribution < -0.4 is 11.4 Å². The molecule has 1 aromatic carbocycles. The molecular weight excluding hydrogens is 342 g/mol. The predicted molar refractivity (Wildman–Crippen MR) is 91.8 cm³/mol. The van der Waals surface area contributed by atoms with Crippen molar-refractivity contribution in [2.75, 3.05) is 18.8 Å². The van der Waals surface area contributed by atoms with Gasteiger partial charge in [-0.15, -0.1) is 0 Å². The van der Waals surface area contributed by atoms with Crippen molar-refractivity contribution in [3.63, 3.8) is 0 Å². The fraction of sp³-hybridized carbons (Fsp3) is 0.444. The highest BCUT2D eigenvalue weighted by atomic mass is 19.3.